The summed E-state index contributed by atoms with van der Waals surface area (Å²) >= 11 is 6.07. The van der Waals surface area contributed by atoms with Gasteiger partial charge in [0.1, 0.15) is 0 Å². The number of anilines is 2. The molecule has 0 saturated carbocycles. The Balaban J connectivity index is 1.61. The average Bonchev–Trinajstić information content (AvgIpc) is 2.66. The van der Waals surface area contributed by atoms with E-state index in [0.29, 0.717) is 18.7 Å². The number of carbonyl (C=O) groups is 1. The van der Waals surface area contributed by atoms with E-state index in [1.54, 1.807) is 12.4 Å². The summed E-state index contributed by atoms with van der Waals surface area (Å²) in [6.07, 6.45) is 4.43. The van der Waals surface area contributed by atoms with E-state index < -0.39 is 0 Å². The molecule has 1 aliphatic heterocycles. The van der Waals surface area contributed by atoms with Crippen LogP contribution in [-0.2, 0) is 0 Å². The lowest BCUT2D eigenvalue weighted by molar-refractivity contribution is 0.0746. The zero-order valence-electron chi connectivity index (χ0n) is 14.4. The van der Waals surface area contributed by atoms with Crippen molar-refractivity contribution in [2.24, 2.45) is 0 Å². The third kappa shape index (κ3) is 4.42. The highest BCUT2D eigenvalue weighted by molar-refractivity contribution is 6.30. The van der Waals surface area contributed by atoms with Crippen LogP contribution in [0.2, 0.25) is 5.02 Å². The summed E-state index contributed by atoms with van der Waals surface area (Å²) in [7, 11) is 0. The van der Waals surface area contributed by atoms with Crippen molar-refractivity contribution < 1.29 is 4.79 Å². The van der Waals surface area contributed by atoms with Gasteiger partial charge in [-0.2, -0.15) is 0 Å². The SMILES string of the molecule is CCCNc1cncc(C(=O)N2CCN(c3cccc(Cl)c3)CC2)c1. The first kappa shape index (κ1) is 17.5. The largest absolute Gasteiger partial charge is 0.384 e. The Morgan fingerprint density at radius 3 is 2.72 bits per heavy atom. The van der Waals surface area contributed by atoms with E-state index in [9.17, 15) is 4.79 Å². The molecule has 1 aliphatic rings. The minimum Gasteiger partial charge on any atom is -0.384 e. The van der Waals surface area contributed by atoms with Gasteiger partial charge in [-0.15, -0.1) is 0 Å². The van der Waals surface area contributed by atoms with Crippen molar-refractivity contribution in [1.29, 1.82) is 0 Å². The number of nitrogens with one attached hydrogen (secondary N) is 1. The molecule has 0 spiro atoms. The van der Waals surface area contributed by atoms with Crippen molar-refractivity contribution in [3.05, 3.63) is 53.3 Å². The second kappa shape index (κ2) is 8.21. The zero-order valence-corrected chi connectivity index (χ0v) is 15.2. The molecule has 0 bridgehead atoms. The molecule has 1 N–H and O–H groups in total. The number of benzene rings is 1. The monoisotopic (exact) mass is 358 g/mol. The molecule has 1 aromatic carbocycles. The maximum absolute atomic E-state index is 12.7. The van der Waals surface area contributed by atoms with E-state index in [1.807, 2.05) is 29.2 Å². The lowest BCUT2D eigenvalue weighted by Gasteiger charge is -2.36. The van der Waals surface area contributed by atoms with Gasteiger partial charge in [0.05, 0.1) is 11.3 Å². The highest BCUT2D eigenvalue weighted by Gasteiger charge is 2.22. The van der Waals surface area contributed by atoms with Gasteiger partial charge in [-0.3, -0.25) is 9.78 Å². The van der Waals surface area contributed by atoms with Crippen molar-refractivity contribution >= 4 is 28.9 Å². The maximum Gasteiger partial charge on any atom is 0.255 e. The Bertz CT molecular complexity index is 729. The van der Waals surface area contributed by atoms with Gasteiger partial charge in [0.2, 0.25) is 0 Å². The molecule has 1 fully saturated rings. The second-order valence-corrected chi connectivity index (χ2v) is 6.58. The molecule has 2 aromatic rings. The number of hydrogen-bond donors (Lipinski definition) is 1. The molecule has 0 atom stereocenters. The minimum absolute atomic E-state index is 0.0402. The molecule has 3 rings (SSSR count). The molecule has 0 aliphatic carbocycles. The molecule has 132 valence electrons. The fraction of sp³-hybridized carbons (Fsp3) is 0.368. The van der Waals surface area contributed by atoms with Gasteiger partial charge >= 0.3 is 0 Å². The smallest absolute Gasteiger partial charge is 0.255 e. The van der Waals surface area contributed by atoms with Crippen LogP contribution in [0, 0.1) is 0 Å². The molecule has 0 unspecified atom stereocenters. The standard InChI is InChI=1S/C19H23ClN4O/c1-2-6-22-17-11-15(13-21-14-17)19(25)24-9-7-23(8-10-24)18-5-3-4-16(20)12-18/h3-5,11-14,22H,2,6-10H2,1H3. The van der Waals surface area contributed by atoms with Crippen LogP contribution in [0.4, 0.5) is 11.4 Å². The summed E-state index contributed by atoms with van der Waals surface area (Å²) in [5.74, 6) is 0.0402. The van der Waals surface area contributed by atoms with Crippen molar-refractivity contribution in [1.82, 2.24) is 9.88 Å². The normalized spacial score (nSPS) is 14.5. The molecule has 25 heavy (non-hydrogen) atoms. The Hall–Kier alpha value is -2.27. The van der Waals surface area contributed by atoms with Gasteiger partial charge in [-0.25, -0.2) is 0 Å². The first-order valence-electron chi connectivity index (χ1n) is 8.66. The van der Waals surface area contributed by atoms with Gasteiger partial charge in [-0.1, -0.05) is 24.6 Å². The van der Waals surface area contributed by atoms with Crippen LogP contribution in [0.5, 0.6) is 0 Å². The Morgan fingerprint density at radius 2 is 2.00 bits per heavy atom. The van der Waals surface area contributed by atoms with E-state index in [2.05, 4.69) is 28.2 Å². The second-order valence-electron chi connectivity index (χ2n) is 6.15. The number of halogens is 1. The summed E-state index contributed by atoms with van der Waals surface area (Å²) in [5.41, 5.74) is 2.63. The summed E-state index contributed by atoms with van der Waals surface area (Å²) < 4.78 is 0. The number of piperazine rings is 1. The Morgan fingerprint density at radius 1 is 1.20 bits per heavy atom. The van der Waals surface area contributed by atoms with Crippen LogP contribution < -0.4 is 10.2 Å². The number of nitrogens with zero attached hydrogens (tertiary/aromatic N) is 3. The first-order valence-corrected chi connectivity index (χ1v) is 9.04. The van der Waals surface area contributed by atoms with Gasteiger partial charge in [0, 0.05) is 55.8 Å². The van der Waals surface area contributed by atoms with Gasteiger partial charge in [-0.05, 0) is 30.7 Å². The highest BCUT2D eigenvalue weighted by Crippen LogP contribution is 2.21. The van der Waals surface area contributed by atoms with Crippen molar-refractivity contribution in [3.8, 4) is 0 Å². The average molecular weight is 359 g/mol. The Labute approximate surface area is 153 Å². The van der Waals surface area contributed by atoms with Crippen molar-refractivity contribution in [2.75, 3.05) is 42.9 Å². The molecule has 1 saturated heterocycles. The summed E-state index contributed by atoms with van der Waals surface area (Å²) in [6.45, 7) is 5.96. The third-order valence-electron chi connectivity index (χ3n) is 4.30. The molecule has 6 heteroatoms. The molecule has 1 aromatic heterocycles. The number of hydrogen-bond acceptors (Lipinski definition) is 4. The van der Waals surface area contributed by atoms with E-state index in [1.165, 1.54) is 0 Å². The van der Waals surface area contributed by atoms with Gasteiger partial charge in [0.25, 0.3) is 5.91 Å². The van der Waals surface area contributed by atoms with E-state index in [0.717, 1.165) is 42.5 Å². The molecule has 1 amide bonds. The van der Waals surface area contributed by atoms with Crippen LogP contribution in [0.1, 0.15) is 23.7 Å². The quantitative estimate of drug-likeness (QED) is 0.888. The summed E-state index contributed by atoms with van der Waals surface area (Å²) in [6, 6.07) is 9.73. The van der Waals surface area contributed by atoms with E-state index >= 15 is 0 Å². The van der Waals surface area contributed by atoms with Crippen LogP contribution >= 0.6 is 11.6 Å². The third-order valence-corrected chi connectivity index (χ3v) is 4.54. The van der Waals surface area contributed by atoms with Crippen LogP contribution in [0.15, 0.2) is 42.7 Å². The van der Waals surface area contributed by atoms with E-state index in [4.69, 9.17) is 11.6 Å². The zero-order chi connectivity index (χ0) is 17.6. The highest BCUT2D eigenvalue weighted by atomic mass is 35.5. The number of aromatic nitrogens is 1. The van der Waals surface area contributed by atoms with Crippen molar-refractivity contribution in [3.63, 3.8) is 0 Å². The topological polar surface area (TPSA) is 48.5 Å². The van der Waals surface area contributed by atoms with Crippen LogP contribution in [0.25, 0.3) is 0 Å². The predicted molar refractivity (Wildman–Crippen MR) is 103 cm³/mol. The van der Waals surface area contributed by atoms with Gasteiger partial charge < -0.3 is 15.1 Å². The van der Waals surface area contributed by atoms with Crippen LogP contribution in [0.3, 0.4) is 0 Å². The molecule has 5 nitrogen and oxygen atoms in total. The molecular weight excluding hydrogens is 336 g/mol. The predicted octanol–water partition coefficient (Wildman–Crippen LogP) is 3.52. The molecule has 2 heterocycles. The number of carbonyl (C=O) groups excluding carboxylic acids is 1. The first-order chi connectivity index (χ1) is 12.2. The number of rotatable bonds is 5. The number of amides is 1. The summed E-state index contributed by atoms with van der Waals surface area (Å²) in [4.78, 5) is 21.1. The minimum atomic E-state index is 0.0402. The Kier molecular flexibility index (Phi) is 5.76. The molecule has 0 radical (unpaired) electrons. The fourth-order valence-electron chi connectivity index (χ4n) is 2.95. The van der Waals surface area contributed by atoms with Crippen LogP contribution in [-0.4, -0.2) is 48.5 Å². The molecular formula is C19H23ClN4O. The summed E-state index contributed by atoms with van der Waals surface area (Å²) in [5, 5.41) is 4.01. The fourth-order valence-corrected chi connectivity index (χ4v) is 3.13. The van der Waals surface area contributed by atoms with Gasteiger partial charge in [0.15, 0.2) is 0 Å². The lowest BCUT2D eigenvalue weighted by atomic mass is 10.2. The number of pyridine rings is 1. The van der Waals surface area contributed by atoms with E-state index in [-0.39, 0.29) is 5.91 Å². The maximum atomic E-state index is 12.7. The van der Waals surface area contributed by atoms with Crippen molar-refractivity contribution in [2.45, 2.75) is 13.3 Å². The lowest BCUT2D eigenvalue weighted by Crippen LogP contribution is -2.48.